The van der Waals surface area contributed by atoms with Gasteiger partial charge in [0.15, 0.2) is 0 Å². The maximum Gasteiger partial charge on any atom is 0.341 e. The van der Waals surface area contributed by atoms with E-state index in [1.165, 1.54) is 18.9 Å². The number of thioether (sulfide) groups is 1. The molecule has 4 aromatic rings. The summed E-state index contributed by atoms with van der Waals surface area (Å²) in [6, 6.07) is 25.6. The lowest BCUT2D eigenvalue weighted by Crippen LogP contribution is -2.16. The number of para-hydroxylation sites is 1. The van der Waals surface area contributed by atoms with Crippen molar-refractivity contribution in [2.45, 2.75) is 18.2 Å². The van der Waals surface area contributed by atoms with Crippen LogP contribution in [0.2, 0.25) is 0 Å². The van der Waals surface area contributed by atoms with Gasteiger partial charge in [0.2, 0.25) is 11.8 Å². The molecule has 1 heterocycles. The molecule has 3 aromatic carbocycles. The Bertz CT molecular complexity index is 1520. The molecular formula is C30H27N3O5S2. The molecule has 1 aromatic heterocycles. The molecule has 0 spiro atoms. The molecule has 0 atom stereocenters. The van der Waals surface area contributed by atoms with Gasteiger partial charge in [-0.1, -0.05) is 54.6 Å². The van der Waals surface area contributed by atoms with Crippen molar-refractivity contribution >= 4 is 63.2 Å². The van der Waals surface area contributed by atoms with Gasteiger partial charge in [-0.25, -0.2) is 4.79 Å². The van der Waals surface area contributed by atoms with Crippen molar-refractivity contribution < 1.29 is 23.9 Å². The molecule has 10 heteroatoms. The van der Waals surface area contributed by atoms with Crippen molar-refractivity contribution in [1.82, 2.24) is 0 Å². The number of esters is 1. The summed E-state index contributed by atoms with van der Waals surface area (Å²) in [5, 5.41) is 8.69. The van der Waals surface area contributed by atoms with Crippen molar-refractivity contribution in [3.63, 3.8) is 0 Å². The summed E-state index contributed by atoms with van der Waals surface area (Å²) < 4.78 is 4.91. The largest absolute Gasteiger partial charge is 0.465 e. The average molecular weight is 574 g/mol. The first-order valence-electron chi connectivity index (χ1n) is 12.3. The molecule has 204 valence electrons. The number of amides is 3. The minimum absolute atomic E-state index is 0.0462. The molecule has 40 heavy (non-hydrogen) atoms. The first kappa shape index (κ1) is 28.6. The van der Waals surface area contributed by atoms with Crippen LogP contribution in [0.5, 0.6) is 0 Å². The van der Waals surface area contributed by atoms with Gasteiger partial charge in [-0.15, -0.1) is 23.1 Å². The van der Waals surface area contributed by atoms with Crippen molar-refractivity contribution in [2.75, 3.05) is 28.8 Å². The molecule has 4 rings (SSSR count). The van der Waals surface area contributed by atoms with Crippen LogP contribution in [-0.2, 0) is 20.7 Å². The van der Waals surface area contributed by atoms with E-state index in [1.54, 1.807) is 49.4 Å². The lowest BCUT2D eigenvalue weighted by atomic mass is 10.1. The van der Waals surface area contributed by atoms with Crippen molar-refractivity contribution in [1.29, 1.82) is 0 Å². The summed E-state index contributed by atoms with van der Waals surface area (Å²) in [5.74, 6) is -1.48. The first-order valence-corrected chi connectivity index (χ1v) is 14.1. The van der Waals surface area contributed by atoms with E-state index < -0.39 is 5.97 Å². The van der Waals surface area contributed by atoms with E-state index in [2.05, 4.69) is 16.0 Å². The monoisotopic (exact) mass is 573 g/mol. The highest BCUT2D eigenvalue weighted by molar-refractivity contribution is 8.00. The predicted molar refractivity (Wildman–Crippen MR) is 159 cm³/mol. The fourth-order valence-electron chi connectivity index (χ4n) is 3.84. The molecule has 0 radical (unpaired) electrons. The van der Waals surface area contributed by atoms with Crippen LogP contribution in [0, 0.1) is 6.92 Å². The van der Waals surface area contributed by atoms with Gasteiger partial charge in [0, 0.05) is 16.3 Å². The lowest BCUT2D eigenvalue weighted by molar-refractivity contribution is -0.115. The Morgan fingerprint density at radius 3 is 2.17 bits per heavy atom. The average Bonchev–Trinajstić information content (AvgIpc) is 3.28. The van der Waals surface area contributed by atoms with E-state index in [0.717, 1.165) is 21.8 Å². The Labute approximate surface area is 240 Å². The Balaban J connectivity index is 1.40. The van der Waals surface area contributed by atoms with Gasteiger partial charge in [-0.05, 0) is 48.4 Å². The van der Waals surface area contributed by atoms with Crippen LogP contribution >= 0.6 is 23.1 Å². The number of hydrogen-bond donors (Lipinski definition) is 3. The molecule has 0 aliphatic carbocycles. The zero-order valence-electron chi connectivity index (χ0n) is 21.9. The number of rotatable bonds is 10. The zero-order valence-corrected chi connectivity index (χ0v) is 23.5. The summed E-state index contributed by atoms with van der Waals surface area (Å²) >= 11 is 2.29. The van der Waals surface area contributed by atoms with E-state index in [-0.39, 0.29) is 40.5 Å². The molecule has 0 fully saturated rings. The molecule has 3 amide bonds. The summed E-state index contributed by atoms with van der Waals surface area (Å²) in [6.45, 7) is 1.64. The topological polar surface area (TPSA) is 114 Å². The summed E-state index contributed by atoms with van der Waals surface area (Å²) in [4.78, 5) is 51.8. The number of benzene rings is 3. The van der Waals surface area contributed by atoms with Crippen LogP contribution in [0.3, 0.4) is 0 Å². The van der Waals surface area contributed by atoms with Gasteiger partial charge >= 0.3 is 5.97 Å². The third kappa shape index (κ3) is 7.58. The zero-order chi connectivity index (χ0) is 28.5. The Morgan fingerprint density at radius 2 is 1.48 bits per heavy atom. The number of nitrogens with one attached hydrogen (secondary N) is 3. The maximum absolute atomic E-state index is 12.9. The van der Waals surface area contributed by atoms with E-state index in [1.807, 2.05) is 42.5 Å². The number of carbonyl (C=O) groups excluding carboxylic acids is 4. The minimum atomic E-state index is -0.644. The first-order chi connectivity index (χ1) is 19.3. The highest BCUT2D eigenvalue weighted by Crippen LogP contribution is 2.34. The van der Waals surface area contributed by atoms with Crippen LogP contribution in [0.25, 0.3) is 0 Å². The molecule has 0 saturated carbocycles. The Kier molecular flexibility index (Phi) is 9.71. The fraction of sp³-hybridized carbons (Fsp3) is 0.133. The summed E-state index contributed by atoms with van der Waals surface area (Å²) in [6.07, 6.45) is 0.259. The van der Waals surface area contributed by atoms with Gasteiger partial charge in [-0.2, -0.15) is 0 Å². The van der Waals surface area contributed by atoms with Gasteiger partial charge in [0.05, 0.1) is 29.7 Å². The highest BCUT2D eigenvalue weighted by atomic mass is 32.2. The smallest absolute Gasteiger partial charge is 0.341 e. The molecule has 0 bridgehead atoms. The lowest BCUT2D eigenvalue weighted by Gasteiger charge is -2.08. The predicted octanol–water partition coefficient (Wildman–Crippen LogP) is 6.01. The molecule has 3 N–H and O–H groups in total. The fourth-order valence-corrected chi connectivity index (χ4v) is 5.70. The van der Waals surface area contributed by atoms with Gasteiger partial charge < -0.3 is 20.7 Å². The van der Waals surface area contributed by atoms with Crippen LogP contribution in [0.15, 0.2) is 89.8 Å². The van der Waals surface area contributed by atoms with Gasteiger partial charge in [0.25, 0.3) is 5.91 Å². The van der Waals surface area contributed by atoms with Crippen molar-refractivity contribution in [2.24, 2.45) is 0 Å². The van der Waals surface area contributed by atoms with Crippen LogP contribution < -0.4 is 16.0 Å². The third-order valence-electron chi connectivity index (χ3n) is 5.72. The van der Waals surface area contributed by atoms with Gasteiger partial charge in [0.1, 0.15) is 5.00 Å². The standard InChI is InChI=1S/C30H27N3O5S2/c1-19-26(30(37)38-2)29(40-27(19)28(36)32-21-12-7-4-8-13-21)33-25(35)18-39-23-15-9-14-22(17-23)31-24(34)16-20-10-5-3-6-11-20/h3-15,17H,16,18H2,1-2H3,(H,31,34)(H,32,36)(H,33,35). The maximum atomic E-state index is 12.9. The SMILES string of the molecule is COC(=O)c1c(NC(=O)CSc2cccc(NC(=O)Cc3ccccc3)c2)sc(C(=O)Nc2ccccc2)c1C. The molecule has 0 saturated heterocycles. The minimum Gasteiger partial charge on any atom is -0.465 e. The second-order valence-corrected chi connectivity index (χ2v) is 10.7. The van der Waals surface area contributed by atoms with Crippen LogP contribution in [0.4, 0.5) is 16.4 Å². The highest BCUT2D eigenvalue weighted by Gasteiger charge is 2.26. The Morgan fingerprint density at radius 1 is 0.800 bits per heavy atom. The van der Waals surface area contributed by atoms with E-state index >= 15 is 0 Å². The number of carbonyl (C=O) groups is 4. The number of methoxy groups -OCH3 is 1. The molecular weight excluding hydrogens is 546 g/mol. The van der Waals surface area contributed by atoms with Gasteiger partial charge in [-0.3, -0.25) is 14.4 Å². The van der Waals surface area contributed by atoms with Crippen molar-refractivity contribution in [3.8, 4) is 0 Å². The van der Waals surface area contributed by atoms with E-state index in [4.69, 9.17) is 4.74 Å². The third-order valence-corrected chi connectivity index (χ3v) is 7.92. The van der Waals surface area contributed by atoms with Crippen LogP contribution in [-0.4, -0.2) is 36.6 Å². The number of thiophene rings is 1. The van der Waals surface area contributed by atoms with E-state index in [9.17, 15) is 19.2 Å². The van der Waals surface area contributed by atoms with Crippen molar-refractivity contribution in [3.05, 3.63) is 106 Å². The molecule has 0 unspecified atom stereocenters. The molecule has 0 aliphatic rings. The summed E-state index contributed by atoms with van der Waals surface area (Å²) in [5.41, 5.74) is 2.72. The second-order valence-electron chi connectivity index (χ2n) is 8.65. The normalized spacial score (nSPS) is 10.4. The second kappa shape index (κ2) is 13.6. The molecule has 8 nitrogen and oxygen atoms in total. The Hall–Kier alpha value is -4.41. The van der Waals surface area contributed by atoms with E-state index in [0.29, 0.717) is 21.8 Å². The molecule has 0 aliphatic heterocycles. The summed E-state index contributed by atoms with van der Waals surface area (Å²) in [7, 11) is 1.25. The number of ether oxygens (including phenoxy) is 1. The number of anilines is 3. The quantitative estimate of drug-likeness (QED) is 0.158. The number of hydrogen-bond acceptors (Lipinski definition) is 7. The van der Waals surface area contributed by atoms with Crippen LogP contribution in [0.1, 0.15) is 31.2 Å².